The van der Waals surface area contributed by atoms with E-state index < -0.39 is 5.51 Å². The van der Waals surface area contributed by atoms with Crippen molar-refractivity contribution in [3.05, 3.63) is 77.9 Å². The van der Waals surface area contributed by atoms with Gasteiger partial charge < -0.3 is 0 Å². The van der Waals surface area contributed by atoms with Gasteiger partial charge in [-0.15, -0.1) is 0 Å². The van der Waals surface area contributed by atoms with Gasteiger partial charge in [0.05, 0.1) is 11.2 Å². The van der Waals surface area contributed by atoms with E-state index in [-0.39, 0.29) is 16.7 Å². The topological polar surface area (TPSA) is 25.8 Å². The molecule has 0 amide bonds. The predicted molar refractivity (Wildman–Crippen MR) is 112 cm³/mol. The lowest BCUT2D eigenvalue weighted by atomic mass is 10.0. The third-order valence-electron chi connectivity index (χ3n) is 4.69. The van der Waals surface area contributed by atoms with Crippen LogP contribution in [0.15, 0.2) is 71.6 Å². The highest BCUT2D eigenvalue weighted by atomic mass is 32.2. The van der Waals surface area contributed by atoms with Crippen LogP contribution in [0.4, 0.5) is 13.2 Å². The Labute approximate surface area is 170 Å². The predicted octanol–water partition coefficient (Wildman–Crippen LogP) is 7.19. The fraction of sp³-hybridized carbons (Fsp3) is 0.130. The molecule has 3 aromatic carbocycles. The second-order valence-electron chi connectivity index (χ2n) is 6.72. The number of para-hydroxylation sites is 1. The number of fused-ring (bicyclic) bond motifs is 1. The molecule has 0 aliphatic carbocycles. The smallest absolute Gasteiger partial charge is 0.228 e. The summed E-state index contributed by atoms with van der Waals surface area (Å²) in [6.07, 6.45) is 0. The van der Waals surface area contributed by atoms with Gasteiger partial charge in [-0.3, -0.25) is 0 Å². The van der Waals surface area contributed by atoms with E-state index in [4.69, 9.17) is 4.98 Å². The standard InChI is InChI=1S/C23H17F3N2S/c1-14-8-3-4-10-16(14)21-17-11-5-6-12-18(17)27-22(28-21)20-15(2)9-7-13-19(20)29-23(24,25)26/h3-13H,1-2H3. The molecular formula is C23H17F3N2S. The summed E-state index contributed by atoms with van der Waals surface area (Å²) >= 11 is -0.133. The van der Waals surface area contributed by atoms with Gasteiger partial charge >= 0.3 is 5.51 Å². The van der Waals surface area contributed by atoms with Crippen molar-refractivity contribution in [3.63, 3.8) is 0 Å². The van der Waals surface area contributed by atoms with Crippen LogP contribution in [-0.4, -0.2) is 15.5 Å². The van der Waals surface area contributed by atoms with Crippen LogP contribution in [-0.2, 0) is 0 Å². The van der Waals surface area contributed by atoms with Crippen molar-refractivity contribution in [1.82, 2.24) is 9.97 Å². The first-order valence-electron chi connectivity index (χ1n) is 9.02. The maximum Gasteiger partial charge on any atom is 0.446 e. The van der Waals surface area contributed by atoms with Gasteiger partial charge in [-0.05, 0) is 48.9 Å². The van der Waals surface area contributed by atoms with Crippen molar-refractivity contribution >= 4 is 22.7 Å². The summed E-state index contributed by atoms with van der Waals surface area (Å²) in [6, 6.07) is 20.3. The number of aryl methyl sites for hydroxylation is 2. The average molecular weight is 410 g/mol. The number of benzene rings is 3. The Morgan fingerprint density at radius 1 is 0.759 bits per heavy atom. The van der Waals surface area contributed by atoms with Crippen LogP contribution < -0.4 is 0 Å². The van der Waals surface area contributed by atoms with Crippen LogP contribution >= 0.6 is 11.8 Å². The number of nitrogens with zero attached hydrogens (tertiary/aromatic N) is 2. The molecule has 146 valence electrons. The zero-order valence-corrected chi connectivity index (χ0v) is 16.6. The summed E-state index contributed by atoms with van der Waals surface area (Å²) in [4.78, 5) is 9.48. The number of thioether (sulfide) groups is 1. The molecule has 6 heteroatoms. The van der Waals surface area contributed by atoms with Gasteiger partial charge in [0.25, 0.3) is 0 Å². The molecule has 0 radical (unpaired) electrons. The molecule has 0 N–H and O–H groups in total. The molecule has 2 nitrogen and oxygen atoms in total. The lowest BCUT2D eigenvalue weighted by Gasteiger charge is -2.15. The Balaban J connectivity index is 2.02. The van der Waals surface area contributed by atoms with Gasteiger partial charge in [-0.2, -0.15) is 13.2 Å². The van der Waals surface area contributed by atoms with Gasteiger partial charge in [0.1, 0.15) is 0 Å². The molecule has 0 saturated heterocycles. The Hall–Kier alpha value is -2.86. The van der Waals surface area contributed by atoms with E-state index in [0.717, 1.165) is 22.2 Å². The molecule has 1 aromatic heterocycles. The second-order valence-corrected chi connectivity index (χ2v) is 7.83. The first-order chi connectivity index (χ1) is 13.8. The number of alkyl halides is 3. The summed E-state index contributed by atoms with van der Waals surface area (Å²) in [5.41, 5.74) is 0.110. The quantitative estimate of drug-likeness (QED) is 0.334. The van der Waals surface area contributed by atoms with Crippen molar-refractivity contribution in [2.45, 2.75) is 24.3 Å². The number of hydrogen-bond donors (Lipinski definition) is 0. The van der Waals surface area contributed by atoms with Crippen LogP contribution in [0.3, 0.4) is 0 Å². The van der Waals surface area contributed by atoms with E-state index in [1.165, 1.54) is 6.07 Å². The van der Waals surface area contributed by atoms with Gasteiger partial charge in [-0.25, -0.2) is 9.97 Å². The van der Waals surface area contributed by atoms with Crippen LogP contribution in [0.2, 0.25) is 0 Å². The molecular weight excluding hydrogens is 393 g/mol. The summed E-state index contributed by atoms with van der Waals surface area (Å²) in [6.45, 7) is 3.77. The molecule has 0 aliphatic heterocycles. The zero-order chi connectivity index (χ0) is 20.6. The van der Waals surface area contributed by atoms with E-state index in [1.807, 2.05) is 55.5 Å². The highest BCUT2D eigenvalue weighted by Crippen LogP contribution is 2.43. The van der Waals surface area contributed by atoms with Crippen molar-refractivity contribution in [2.75, 3.05) is 0 Å². The molecule has 0 unspecified atom stereocenters. The van der Waals surface area contributed by atoms with Gasteiger partial charge in [-0.1, -0.05) is 54.6 Å². The molecule has 0 fully saturated rings. The third kappa shape index (κ3) is 3.98. The Kier molecular flexibility index (Phi) is 5.04. The Morgan fingerprint density at radius 2 is 1.45 bits per heavy atom. The highest BCUT2D eigenvalue weighted by Gasteiger charge is 2.31. The molecule has 1 heterocycles. The Morgan fingerprint density at radius 3 is 2.21 bits per heavy atom. The summed E-state index contributed by atoms with van der Waals surface area (Å²) in [5, 5.41) is 0.865. The summed E-state index contributed by atoms with van der Waals surface area (Å²) in [7, 11) is 0. The van der Waals surface area contributed by atoms with E-state index in [0.29, 0.717) is 22.5 Å². The third-order valence-corrected chi connectivity index (χ3v) is 5.48. The van der Waals surface area contributed by atoms with E-state index in [2.05, 4.69) is 4.98 Å². The van der Waals surface area contributed by atoms with Crippen molar-refractivity contribution in [1.29, 1.82) is 0 Å². The SMILES string of the molecule is Cc1ccccc1-c1nc(-c2c(C)cccc2SC(F)(F)F)nc2ccccc12. The molecule has 0 atom stereocenters. The minimum absolute atomic E-state index is 0.100. The minimum atomic E-state index is -4.39. The van der Waals surface area contributed by atoms with Crippen LogP contribution in [0, 0.1) is 13.8 Å². The highest BCUT2D eigenvalue weighted by molar-refractivity contribution is 8.00. The fourth-order valence-corrected chi connectivity index (χ4v) is 4.12. The largest absolute Gasteiger partial charge is 0.446 e. The van der Waals surface area contributed by atoms with E-state index in [1.54, 1.807) is 19.1 Å². The number of aromatic nitrogens is 2. The van der Waals surface area contributed by atoms with Crippen LogP contribution in [0.1, 0.15) is 11.1 Å². The molecule has 4 aromatic rings. The molecule has 4 rings (SSSR count). The maximum atomic E-state index is 13.1. The minimum Gasteiger partial charge on any atom is -0.228 e. The summed E-state index contributed by atoms with van der Waals surface area (Å²) in [5.74, 6) is 0.298. The molecule has 0 saturated carbocycles. The Bertz CT molecular complexity index is 1200. The zero-order valence-electron chi connectivity index (χ0n) is 15.8. The van der Waals surface area contributed by atoms with Crippen LogP contribution in [0.25, 0.3) is 33.5 Å². The van der Waals surface area contributed by atoms with Crippen LogP contribution in [0.5, 0.6) is 0 Å². The number of hydrogen-bond acceptors (Lipinski definition) is 3. The van der Waals surface area contributed by atoms with Gasteiger partial charge in [0.15, 0.2) is 5.82 Å². The van der Waals surface area contributed by atoms with Gasteiger partial charge in [0, 0.05) is 21.4 Å². The fourth-order valence-electron chi connectivity index (χ4n) is 3.37. The average Bonchev–Trinajstić information content (AvgIpc) is 2.66. The summed E-state index contributed by atoms with van der Waals surface area (Å²) < 4.78 is 39.4. The second kappa shape index (κ2) is 7.52. The van der Waals surface area contributed by atoms with E-state index >= 15 is 0 Å². The number of halogens is 3. The lowest BCUT2D eigenvalue weighted by Crippen LogP contribution is -2.03. The van der Waals surface area contributed by atoms with Gasteiger partial charge in [0.2, 0.25) is 0 Å². The molecule has 0 aliphatic rings. The first kappa shape index (κ1) is 19.5. The van der Waals surface area contributed by atoms with Crippen molar-refractivity contribution in [2.24, 2.45) is 0 Å². The maximum absolute atomic E-state index is 13.1. The normalized spacial score (nSPS) is 11.8. The molecule has 29 heavy (non-hydrogen) atoms. The first-order valence-corrected chi connectivity index (χ1v) is 9.83. The van der Waals surface area contributed by atoms with E-state index in [9.17, 15) is 13.2 Å². The number of rotatable bonds is 3. The van der Waals surface area contributed by atoms with Crippen molar-refractivity contribution in [3.8, 4) is 22.6 Å². The lowest BCUT2D eigenvalue weighted by molar-refractivity contribution is -0.0328. The molecule has 0 spiro atoms. The molecule has 0 bridgehead atoms. The van der Waals surface area contributed by atoms with Crippen molar-refractivity contribution < 1.29 is 13.2 Å². The monoisotopic (exact) mass is 410 g/mol.